The molecular formula is C11H12ClN5S. The van der Waals surface area contributed by atoms with Gasteiger partial charge in [0.2, 0.25) is 0 Å². The van der Waals surface area contributed by atoms with Gasteiger partial charge < -0.3 is 4.57 Å². The van der Waals surface area contributed by atoms with Crippen molar-refractivity contribution in [3.05, 3.63) is 28.1 Å². The van der Waals surface area contributed by atoms with Gasteiger partial charge in [-0.3, -0.25) is 4.68 Å². The van der Waals surface area contributed by atoms with Crippen LogP contribution < -0.4 is 0 Å². The van der Waals surface area contributed by atoms with E-state index >= 15 is 0 Å². The van der Waals surface area contributed by atoms with Crippen molar-refractivity contribution in [3.8, 4) is 0 Å². The van der Waals surface area contributed by atoms with Gasteiger partial charge in [0.15, 0.2) is 5.65 Å². The summed E-state index contributed by atoms with van der Waals surface area (Å²) in [5, 5.41) is 6.42. The monoisotopic (exact) mass is 281 g/mol. The van der Waals surface area contributed by atoms with Crippen LogP contribution in [0.15, 0.2) is 10.9 Å². The molecule has 0 saturated carbocycles. The summed E-state index contributed by atoms with van der Waals surface area (Å²) in [6.07, 6.45) is 0. The molecule has 0 aromatic carbocycles. The van der Waals surface area contributed by atoms with Crippen LogP contribution in [0.5, 0.6) is 0 Å². The summed E-state index contributed by atoms with van der Waals surface area (Å²) in [4.78, 5) is 8.86. The highest BCUT2D eigenvalue weighted by atomic mass is 35.5. The van der Waals surface area contributed by atoms with E-state index in [1.54, 1.807) is 11.3 Å². The first-order valence-electron chi connectivity index (χ1n) is 5.52. The molecule has 3 rings (SSSR count). The van der Waals surface area contributed by atoms with Crippen LogP contribution in [-0.2, 0) is 19.5 Å². The Morgan fingerprint density at radius 3 is 2.94 bits per heavy atom. The molecule has 0 fully saturated rings. The average Bonchev–Trinajstić information content (AvgIpc) is 3.01. The van der Waals surface area contributed by atoms with Gasteiger partial charge in [-0.2, -0.15) is 5.10 Å². The van der Waals surface area contributed by atoms with E-state index in [4.69, 9.17) is 11.6 Å². The Morgan fingerprint density at radius 2 is 2.28 bits per heavy atom. The van der Waals surface area contributed by atoms with Crippen LogP contribution in [0.1, 0.15) is 17.2 Å². The van der Waals surface area contributed by atoms with E-state index in [1.165, 1.54) is 0 Å². The standard InChI is InChI=1S/C11H12ClN5S/c1-7-10-11(16(2)15-7)17(9(3-12)14-10)4-8-5-18-6-13-8/h5-6H,3-4H2,1-2H3. The molecule has 18 heavy (non-hydrogen) atoms. The highest BCUT2D eigenvalue weighted by Crippen LogP contribution is 2.21. The first kappa shape index (κ1) is 11.7. The van der Waals surface area contributed by atoms with Crippen molar-refractivity contribution >= 4 is 34.1 Å². The number of aryl methyl sites for hydroxylation is 2. The minimum Gasteiger partial charge on any atom is -0.306 e. The predicted octanol–water partition coefficient (Wildman–Crippen LogP) is 2.32. The SMILES string of the molecule is Cc1nn(C)c2c1nc(CCl)n2Cc1cscn1. The third kappa shape index (κ3) is 1.72. The van der Waals surface area contributed by atoms with Gasteiger partial charge in [-0.05, 0) is 6.92 Å². The predicted molar refractivity (Wildman–Crippen MR) is 72.0 cm³/mol. The van der Waals surface area contributed by atoms with E-state index in [0.29, 0.717) is 12.4 Å². The van der Waals surface area contributed by atoms with Crippen molar-refractivity contribution in [1.29, 1.82) is 0 Å². The van der Waals surface area contributed by atoms with E-state index < -0.39 is 0 Å². The Hall–Kier alpha value is -1.40. The fraction of sp³-hybridized carbons (Fsp3) is 0.364. The van der Waals surface area contributed by atoms with Gasteiger partial charge in [-0.25, -0.2) is 9.97 Å². The number of alkyl halides is 1. The molecule has 3 heterocycles. The highest BCUT2D eigenvalue weighted by molar-refractivity contribution is 7.07. The zero-order chi connectivity index (χ0) is 12.7. The molecule has 7 heteroatoms. The Morgan fingerprint density at radius 1 is 1.44 bits per heavy atom. The summed E-state index contributed by atoms with van der Waals surface area (Å²) in [5.41, 5.74) is 5.69. The molecular weight excluding hydrogens is 270 g/mol. The van der Waals surface area contributed by atoms with Gasteiger partial charge in [0.1, 0.15) is 11.3 Å². The first-order valence-corrected chi connectivity index (χ1v) is 7.00. The molecule has 3 aromatic heterocycles. The lowest BCUT2D eigenvalue weighted by atomic mass is 10.4. The molecule has 0 atom stereocenters. The molecule has 3 aromatic rings. The van der Waals surface area contributed by atoms with Gasteiger partial charge in [-0.15, -0.1) is 22.9 Å². The Balaban J connectivity index is 2.18. The maximum atomic E-state index is 5.97. The number of rotatable bonds is 3. The van der Waals surface area contributed by atoms with E-state index in [0.717, 1.165) is 28.4 Å². The molecule has 0 aliphatic rings. The van der Waals surface area contributed by atoms with Crippen LogP contribution >= 0.6 is 22.9 Å². The molecule has 0 bridgehead atoms. The van der Waals surface area contributed by atoms with Gasteiger partial charge in [0, 0.05) is 12.4 Å². The van der Waals surface area contributed by atoms with E-state index in [1.807, 2.05) is 29.5 Å². The molecule has 0 aliphatic heterocycles. The van der Waals surface area contributed by atoms with Crippen LogP contribution in [0.25, 0.3) is 11.2 Å². The van der Waals surface area contributed by atoms with Crippen LogP contribution in [-0.4, -0.2) is 24.3 Å². The van der Waals surface area contributed by atoms with Gasteiger partial charge in [0.25, 0.3) is 0 Å². The number of hydrogen-bond acceptors (Lipinski definition) is 4. The summed E-state index contributed by atoms with van der Waals surface area (Å²) >= 11 is 7.56. The lowest BCUT2D eigenvalue weighted by Gasteiger charge is -2.05. The van der Waals surface area contributed by atoms with Crippen LogP contribution in [0, 0.1) is 6.92 Å². The van der Waals surface area contributed by atoms with Crippen LogP contribution in [0.3, 0.4) is 0 Å². The number of thiazole rings is 1. The normalized spacial score (nSPS) is 11.5. The number of aromatic nitrogens is 5. The summed E-state index contributed by atoms with van der Waals surface area (Å²) in [7, 11) is 1.92. The van der Waals surface area contributed by atoms with Crippen LogP contribution in [0.2, 0.25) is 0 Å². The Bertz CT molecular complexity index is 682. The van der Waals surface area contributed by atoms with Crippen molar-refractivity contribution in [1.82, 2.24) is 24.3 Å². The van der Waals surface area contributed by atoms with E-state index in [9.17, 15) is 0 Å². The van der Waals surface area contributed by atoms with Crippen molar-refractivity contribution in [2.45, 2.75) is 19.3 Å². The van der Waals surface area contributed by atoms with Crippen molar-refractivity contribution < 1.29 is 0 Å². The lowest BCUT2D eigenvalue weighted by molar-refractivity contribution is 0.696. The number of fused-ring (bicyclic) bond motifs is 1. The quantitative estimate of drug-likeness (QED) is 0.692. The third-order valence-corrected chi connectivity index (χ3v) is 3.77. The summed E-state index contributed by atoms with van der Waals surface area (Å²) in [6.45, 7) is 2.64. The second kappa shape index (κ2) is 4.37. The first-order chi connectivity index (χ1) is 8.70. The maximum absolute atomic E-state index is 5.97. The smallest absolute Gasteiger partial charge is 0.159 e. The van der Waals surface area contributed by atoms with Gasteiger partial charge in [-0.1, -0.05) is 0 Å². The number of halogens is 1. The number of hydrogen-bond donors (Lipinski definition) is 0. The molecule has 0 radical (unpaired) electrons. The van der Waals surface area contributed by atoms with Crippen molar-refractivity contribution in [2.24, 2.45) is 7.05 Å². The Kier molecular flexibility index (Phi) is 2.83. The maximum Gasteiger partial charge on any atom is 0.159 e. The summed E-state index contributed by atoms with van der Waals surface area (Å²) < 4.78 is 3.93. The molecule has 0 aliphatic carbocycles. The van der Waals surface area contributed by atoms with Crippen LogP contribution in [0.4, 0.5) is 0 Å². The molecule has 0 spiro atoms. The summed E-state index contributed by atoms with van der Waals surface area (Å²) in [6, 6.07) is 0. The van der Waals surface area contributed by atoms with Gasteiger partial charge >= 0.3 is 0 Å². The second-order valence-corrected chi connectivity index (χ2v) is 5.09. The van der Waals surface area contributed by atoms with Gasteiger partial charge in [0.05, 0.1) is 29.3 Å². The minimum atomic E-state index is 0.387. The zero-order valence-electron chi connectivity index (χ0n) is 10.1. The minimum absolute atomic E-state index is 0.387. The Labute approximate surface area is 113 Å². The number of imidazole rings is 1. The summed E-state index contributed by atoms with van der Waals surface area (Å²) in [5.74, 6) is 1.24. The van der Waals surface area contributed by atoms with Crippen molar-refractivity contribution in [2.75, 3.05) is 0 Å². The molecule has 94 valence electrons. The molecule has 0 saturated heterocycles. The molecule has 0 N–H and O–H groups in total. The van der Waals surface area contributed by atoms with E-state index in [2.05, 4.69) is 19.6 Å². The molecule has 0 unspecified atom stereocenters. The fourth-order valence-corrected chi connectivity index (χ4v) is 2.88. The molecule has 5 nitrogen and oxygen atoms in total. The second-order valence-electron chi connectivity index (χ2n) is 4.11. The molecule has 0 amide bonds. The van der Waals surface area contributed by atoms with E-state index in [-0.39, 0.29) is 0 Å². The third-order valence-electron chi connectivity index (χ3n) is 2.89. The highest BCUT2D eigenvalue weighted by Gasteiger charge is 2.17. The fourth-order valence-electron chi connectivity index (χ4n) is 2.13. The van der Waals surface area contributed by atoms with Crippen molar-refractivity contribution in [3.63, 3.8) is 0 Å². The number of nitrogens with zero attached hydrogens (tertiary/aromatic N) is 5. The average molecular weight is 282 g/mol. The topological polar surface area (TPSA) is 48.5 Å². The lowest BCUT2D eigenvalue weighted by Crippen LogP contribution is -2.07. The zero-order valence-corrected chi connectivity index (χ0v) is 11.7. The largest absolute Gasteiger partial charge is 0.306 e.